The van der Waals surface area contributed by atoms with Gasteiger partial charge in [-0.25, -0.2) is 9.78 Å². The number of benzene rings is 4. The molecule has 0 spiro atoms. The molecule has 2 unspecified atom stereocenters. The van der Waals surface area contributed by atoms with Crippen LogP contribution in [0.1, 0.15) is 27.9 Å². The smallest absolute Gasteiger partial charge is 0.408 e. The van der Waals surface area contributed by atoms with Crippen LogP contribution < -0.4 is 15.4 Å². The lowest BCUT2D eigenvalue weighted by Gasteiger charge is -2.31. The summed E-state index contributed by atoms with van der Waals surface area (Å²) >= 11 is 0. The van der Waals surface area contributed by atoms with Crippen LogP contribution in [0.3, 0.4) is 0 Å². The van der Waals surface area contributed by atoms with Gasteiger partial charge < -0.3 is 30.0 Å². The molecule has 1 aromatic heterocycles. The number of nitrogens with one attached hydrogen (secondary N) is 3. The zero-order valence-electron chi connectivity index (χ0n) is 27.5. The number of amides is 3. The fourth-order valence-electron chi connectivity index (χ4n) is 5.31. The van der Waals surface area contributed by atoms with Crippen molar-refractivity contribution in [2.45, 2.75) is 44.6 Å². The molecule has 0 bridgehead atoms. The number of imidazole rings is 1. The van der Waals surface area contributed by atoms with Gasteiger partial charge in [-0.1, -0.05) is 103 Å². The molecule has 0 aliphatic carbocycles. The topological polar surface area (TPSA) is 126 Å². The van der Waals surface area contributed by atoms with Crippen LogP contribution in [0.2, 0.25) is 0 Å². The predicted molar refractivity (Wildman–Crippen MR) is 186 cm³/mol. The van der Waals surface area contributed by atoms with E-state index in [9.17, 15) is 14.4 Å². The summed E-state index contributed by atoms with van der Waals surface area (Å²) < 4.78 is 11.4. The summed E-state index contributed by atoms with van der Waals surface area (Å²) in [6, 6.07) is 34.6. The molecule has 0 aliphatic heterocycles. The van der Waals surface area contributed by atoms with E-state index < -0.39 is 24.1 Å². The van der Waals surface area contributed by atoms with Crippen molar-refractivity contribution in [1.29, 1.82) is 0 Å². The number of carbonyl (C=O) groups excluding carboxylic acids is 3. The first kappa shape index (κ1) is 34.4. The van der Waals surface area contributed by atoms with Crippen LogP contribution in [0.15, 0.2) is 128 Å². The van der Waals surface area contributed by atoms with Crippen molar-refractivity contribution in [3.63, 3.8) is 0 Å². The Kier molecular flexibility index (Phi) is 12.6. The second-order valence-corrected chi connectivity index (χ2v) is 11.7. The lowest BCUT2D eigenvalue weighted by atomic mass is 10.0. The van der Waals surface area contributed by atoms with Gasteiger partial charge in [0.15, 0.2) is 0 Å². The number of alkyl carbamates (subject to hydrolysis) is 1. The molecule has 0 saturated heterocycles. The number of nitrogens with zero attached hydrogens (tertiary/aromatic N) is 2. The summed E-state index contributed by atoms with van der Waals surface area (Å²) in [4.78, 5) is 49.2. The van der Waals surface area contributed by atoms with E-state index in [4.69, 9.17) is 9.47 Å². The van der Waals surface area contributed by atoms with Crippen LogP contribution in [0.5, 0.6) is 5.75 Å². The molecule has 10 nitrogen and oxygen atoms in total. The summed E-state index contributed by atoms with van der Waals surface area (Å²) in [5.74, 6) is -0.0563. The quantitative estimate of drug-likeness (QED) is 0.133. The van der Waals surface area contributed by atoms with Crippen LogP contribution in [-0.4, -0.2) is 58.5 Å². The van der Waals surface area contributed by atoms with Crippen LogP contribution >= 0.6 is 0 Å². The average Bonchev–Trinajstić information content (AvgIpc) is 3.66. The number of aromatic amines is 1. The van der Waals surface area contributed by atoms with E-state index in [2.05, 4.69) is 20.6 Å². The fraction of sp³-hybridized carbons (Fsp3) is 0.231. The standard InChI is InChI=1S/C39H41N5O5/c1-44(38(46)35(24-33-25-40-28-42-33)43-39(47)49-27-32-15-9-4-10-16-32)36(37(45)41-22-21-29-11-5-2-6-12-29)23-30-17-19-34(20-18-30)48-26-31-13-7-3-8-14-31/h2-20,25,28,35-36H,21-24,26-27H2,1H3,(H,40,42)(H,41,45)(H,43,47). The third-order valence-electron chi connectivity index (χ3n) is 8.06. The van der Waals surface area contributed by atoms with Gasteiger partial charge in [0.25, 0.3) is 0 Å². The minimum absolute atomic E-state index is 0.0466. The molecule has 5 aromatic rings. The molecule has 1 heterocycles. The molecule has 5 rings (SSSR count). The first-order valence-corrected chi connectivity index (χ1v) is 16.2. The van der Waals surface area contributed by atoms with Gasteiger partial charge in [-0.3, -0.25) is 9.59 Å². The Balaban J connectivity index is 1.29. The van der Waals surface area contributed by atoms with Gasteiger partial charge in [0.1, 0.15) is 31.0 Å². The van der Waals surface area contributed by atoms with E-state index in [0.29, 0.717) is 31.0 Å². The van der Waals surface area contributed by atoms with Crippen molar-refractivity contribution in [3.8, 4) is 5.75 Å². The van der Waals surface area contributed by atoms with Gasteiger partial charge in [0, 0.05) is 38.3 Å². The Bertz CT molecular complexity index is 1730. The number of aromatic nitrogens is 2. The second kappa shape index (κ2) is 17.9. The van der Waals surface area contributed by atoms with Gasteiger partial charge in [-0.2, -0.15) is 0 Å². The molecule has 49 heavy (non-hydrogen) atoms. The van der Waals surface area contributed by atoms with Crippen molar-refractivity contribution in [2.75, 3.05) is 13.6 Å². The van der Waals surface area contributed by atoms with Crippen molar-refractivity contribution in [3.05, 3.63) is 156 Å². The number of hydrogen-bond donors (Lipinski definition) is 3. The third kappa shape index (κ3) is 10.8. The highest BCUT2D eigenvalue weighted by atomic mass is 16.5. The van der Waals surface area contributed by atoms with Crippen LogP contribution in [0.4, 0.5) is 4.79 Å². The molecule has 252 valence electrons. The summed E-state index contributed by atoms with van der Waals surface area (Å²) in [5.41, 5.74) is 4.45. The molecule has 3 N–H and O–H groups in total. The summed E-state index contributed by atoms with van der Waals surface area (Å²) in [6.45, 7) is 0.878. The first-order chi connectivity index (χ1) is 23.9. The molecular formula is C39H41N5O5. The Labute approximate surface area is 286 Å². The normalized spacial score (nSPS) is 11.9. The minimum Gasteiger partial charge on any atom is -0.489 e. The molecule has 0 fully saturated rings. The zero-order valence-corrected chi connectivity index (χ0v) is 27.5. The van der Waals surface area contributed by atoms with Crippen molar-refractivity contribution >= 4 is 17.9 Å². The van der Waals surface area contributed by atoms with Crippen molar-refractivity contribution < 1.29 is 23.9 Å². The molecule has 0 radical (unpaired) electrons. The predicted octanol–water partition coefficient (Wildman–Crippen LogP) is 5.25. The summed E-state index contributed by atoms with van der Waals surface area (Å²) in [6.07, 6.45) is 3.36. The number of H-pyrrole nitrogens is 1. The second-order valence-electron chi connectivity index (χ2n) is 11.7. The van der Waals surface area contributed by atoms with Crippen LogP contribution in [0, 0.1) is 0 Å². The Morgan fingerprint density at radius 2 is 1.37 bits per heavy atom. The number of ether oxygens (including phenoxy) is 2. The van der Waals surface area contributed by atoms with E-state index in [1.807, 2.05) is 115 Å². The van der Waals surface area contributed by atoms with E-state index >= 15 is 0 Å². The van der Waals surface area contributed by atoms with Crippen LogP contribution in [-0.2, 0) is 46.8 Å². The Morgan fingerprint density at radius 3 is 1.98 bits per heavy atom. The highest BCUT2D eigenvalue weighted by molar-refractivity contribution is 5.91. The van der Waals surface area contributed by atoms with Gasteiger partial charge >= 0.3 is 6.09 Å². The molecule has 2 atom stereocenters. The minimum atomic E-state index is -1.03. The van der Waals surface area contributed by atoms with Crippen molar-refractivity contribution in [2.24, 2.45) is 0 Å². The maximum absolute atomic E-state index is 14.1. The Morgan fingerprint density at radius 1 is 0.755 bits per heavy atom. The number of likely N-dealkylation sites (N-methyl/N-ethyl adjacent to an activating group) is 1. The zero-order chi connectivity index (χ0) is 34.3. The average molecular weight is 660 g/mol. The lowest BCUT2D eigenvalue weighted by molar-refractivity contribution is -0.140. The van der Waals surface area contributed by atoms with E-state index in [1.165, 1.54) is 11.2 Å². The number of hydrogen-bond acceptors (Lipinski definition) is 6. The lowest BCUT2D eigenvalue weighted by Crippen LogP contribution is -2.56. The van der Waals surface area contributed by atoms with Crippen LogP contribution in [0.25, 0.3) is 0 Å². The number of carbonyl (C=O) groups is 3. The summed E-state index contributed by atoms with van der Waals surface area (Å²) in [7, 11) is 1.58. The molecular weight excluding hydrogens is 618 g/mol. The third-order valence-corrected chi connectivity index (χ3v) is 8.06. The SMILES string of the molecule is CN(C(=O)C(Cc1cnc[nH]1)NC(=O)OCc1ccccc1)C(Cc1ccc(OCc2ccccc2)cc1)C(=O)NCCc1ccccc1. The van der Waals surface area contributed by atoms with Crippen molar-refractivity contribution in [1.82, 2.24) is 25.5 Å². The molecule has 0 saturated carbocycles. The van der Waals surface area contributed by atoms with Gasteiger partial charge in [0.05, 0.1) is 6.33 Å². The molecule has 3 amide bonds. The largest absolute Gasteiger partial charge is 0.489 e. The highest BCUT2D eigenvalue weighted by Crippen LogP contribution is 2.18. The monoisotopic (exact) mass is 659 g/mol. The first-order valence-electron chi connectivity index (χ1n) is 16.2. The molecule has 10 heteroatoms. The Hall–Kier alpha value is -5.90. The number of rotatable bonds is 16. The fourth-order valence-corrected chi connectivity index (χ4v) is 5.31. The van der Waals surface area contributed by atoms with E-state index in [-0.39, 0.29) is 25.4 Å². The maximum Gasteiger partial charge on any atom is 0.408 e. The van der Waals surface area contributed by atoms with E-state index in [0.717, 1.165) is 22.3 Å². The summed E-state index contributed by atoms with van der Waals surface area (Å²) in [5, 5.41) is 5.73. The maximum atomic E-state index is 14.1. The van der Waals surface area contributed by atoms with E-state index in [1.54, 1.807) is 13.2 Å². The molecule has 4 aromatic carbocycles. The molecule has 0 aliphatic rings. The van der Waals surface area contributed by atoms with Gasteiger partial charge in [0.2, 0.25) is 11.8 Å². The van der Waals surface area contributed by atoms with Gasteiger partial charge in [-0.05, 0) is 40.8 Å². The highest BCUT2D eigenvalue weighted by Gasteiger charge is 2.33. The van der Waals surface area contributed by atoms with Gasteiger partial charge in [-0.15, -0.1) is 0 Å².